The summed E-state index contributed by atoms with van der Waals surface area (Å²) in [5.41, 5.74) is 2.37. The number of thiophene rings is 1. The van der Waals surface area contributed by atoms with E-state index in [0.717, 1.165) is 49.2 Å². The molecule has 0 spiro atoms. The van der Waals surface area contributed by atoms with E-state index in [9.17, 15) is 4.79 Å². The molecule has 3 aromatic rings. The fourth-order valence-electron chi connectivity index (χ4n) is 3.54. The molecular weight excluding hydrogens is 366 g/mol. The van der Waals surface area contributed by atoms with Gasteiger partial charge in [0.25, 0.3) is 5.91 Å². The summed E-state index contributed by atoms with van der Waals surface area (Å²) in [6.45, 7) is 4.05. The van der Waals surface area contributed by atoms with Gasteiger partial charge < -0.3 is 9.88 Å². The number of nitrogens with zero attached hydrogens (tertiary/aromatic N) is 2. The molecule has 0 aliphatic heterocycles. The van der Waals surface area contributed by atoms with Crippen molar-refractivity contribution in [3.63, 3.8) is 0 Å². The van der Waals surface area contributed by atoms with Gasteiger partial charge in [-0.25, -0.2) is 4.98 Å². The average Bonchev–Trinajstić information content (AvgIpc) is 3.36. The fraction of sp³-hybridized carbons (Fsp3) is 0.478. The predicted octanol–water partition coefficient (Wildman–Crippen LogP) is 5.82. The van der Waals surface area contributed by atoms with Crippen LogP contribution in [0.15, 0.2) is 41.8 Å². The van der Waals surface area contributed by atoms with Crippen LogP contribution in [0, 0.1) is 0 Å². The second-order valence-corrected chi connectivity index (χ2v) is 8.22. The summed E-state index contributed by atoms with van der Waals surface area (Å²) in [7, 11) is 0. The summed E-state index contributed by atoms with van der Waals surface area (Å²) in [6, 6.07) is 12.2. The van der Waals surface area contributed by atoms with Gasteiger partial charge in [-0.1, -0.05) is 50.8 Å². The number of benzene rings is 1. The van der Waals surface area contributed by atoms with Crippen molar-refractivity contribution < 1.29 is 4.79 Å². The van der Waals surface area contributed by atoms with Gasteiger partial charge in [0.1, 0.15) is 5.82 Å². The zero-order valence-electron chi connectivity index (χ0n) is 16.8. The number of fused-ring (bicyclic) bond motifs is 1. The molecule has 0 bridgehead atoms. The topological polar surface area (TPSA) is 46.9 Å². The van der Waals surface area contributed by atoms with Crippen LogP contribution in [0.3, 0.4) is 0 Å². The molecule has 1 N–H and O–H groups in total. The Hall–Kier alpha value is -2.14. The maximum absolute atomic E-state index is 11.9. The molecule has 4 nitrogen and oxygen atoms in total. The Labute approximate surface area is 172 Å². The molecule has 1 amide bonds. The standard InChI is InChI=1S/C23H31N3OS/c1-2-3-4-10-17-26-20-13-8-7-12-19(20)25-22(26)15-6-5-9-16-24-23(27)21-14-11-18-28-21/h7-8,11-14,18H,2-6,9-10,15-17H2,1H3,(H,24,27). The van der Waals surface area contributed by atoms with E-state index in [1.807, 2.05) is 17.5 Å². The number of hydrogen-bond donors (Lipinski definition) is 1. The van der Waals surface area contributed by atoms with E-state index in [1.54, 1.807) is 0 Å². The maximum atomic E-state index is 11.9. The second kappa shape index (κ2) is 11.0. The van der Waals surface area contributed by atoms with Crippen LogP contribution in [0.1, 0.15) is 67.4 Å². The highest BCUT2D eigenvalue weighted by atomic mass is 32.1. The van der Waals surface area contributed by atoms with Gasteiger partial charge in [-0.15, -0.1) is 11.3 Å². The average molecular weight is 398 g/mol. The van der Waals surface area contributed by atoms with Crippen molar-refractivity contribution in [3.05, 3.63) is 52.5 Å². The molecule has 0 aliphatic rings. The molecule has 5 heteroatoms. The number of rotatable bonds is 12. The number of imidazole rings is 1. The zero-order valence-corrected chi connectivity index (χ0v) is 17.6. The van der Waals surface area contributed by atoms with Crippen LogP contribution in [0.4, 0.5) is 0 Å². The maximum Gasteiger partial charge on any atom is 0.261 e. The smallest absolute Gasteiger partial charge is 0.261 e. The molecule has 0 radical (unpaired) electrons. The molecule has 2 heterocycles. The van der Waals surface area contributed by atoms with Gasteiger partial charge in [0.2, 0.25) is 0 Å². The summed E-state index contributed by atoms with van der Waals surface area (Å²) < 4.78 is 2.42. The van der Waals surface area contributed by atoms with Crippen LogP contribution in [0.5, 0.6) is 0 Å². The first-order chi connectivity index (χ1) is 13.8. The van der Waals surface area contributed by atoms with Gasteiger partial charge >= 0.3 is 0 Å². The number of amides is 1. The van der Waals surface area contributed by atoms with Gasteiger partial charge in [0.05, 0.1) is 15.9 Å². The number of carbonyl (C=O) groups excluding carboxylic acids is 1. The molecule has 3 rings (SSSR count). The highest BCUT2D eigenvalue weighted by molar-refractivity contribution is 7.12. The first kappa shape index (κ1) is 20.6. The number of aromatic nitrogens is 2. The Morgan fingerprint density at radius 1 is 1.04 bits per heavy atom. The van der Waals surface area contributed by atoms with E-state index in [-0.39, 0.29) is 5.91 Å². The Balaban J connectivity index is 1.46. The number of carbonyl (C=O) groups is 1. The van der Waals surface area contributed by atoms with Crippen molar-refractivity contribution in [3.8, 4) is 0 Å². The van der Waals surface area contributed by atoms with E-state index < -0.39 is 0 Å². The second-order valence-electron chi connectivity index (χ2n) is 7.27. The summed E-state index contributed by atoms with van der Waals surface area (Å²) in [5, 5.41) is 4.94. The van der Waals surface area contributed by atoms with Gasteiger partial charge in [0.15, 0.2) is 0 Å². The number of hydrogen-bond acceptors (Lipinski definition) is 3. The summed E-state index contributed by atoms with van der Waals surface area (Å²) in [4.78, 5) is 17.6. The lowest BCUT2D eigenvalue weighted by Gasteiger charge is -2.09. The van der Waals surface area contributed by atoms with Gasteiger partial charge in [0, 0.05) is 19.5 Å². The van der Waals surface area contributed by atoms with E-state index >= 15 is 0 Å². The molecule has 1 aromatic carbocycles. The lowest BCUT2D eigenvalue weighted by molar-refractivity contribution is 0.0957. The minimum Gasteiger partial charge on any atom is -0.351 e. The molecule has 28 heavy (non-hydrogen) atoms. The van der Waals surface area contributed by atoms with Crippen molar-refractivity contribution in [1.29, 1.82) is 0 Å². The normalized spacial score (nSPS) is 11.2. The Kier molecular flexibility index (Phi) is 8.09. The Bertz CT molecular complexity index is 854. The molecule has 0 saturated carbocycles. The van der Waals surface area contributed by atoms with Gasteiger partial charge in [-0.3, -0.25) is 4.79 Å². The van der Waals surface area contributed by atoms with Crippen molar-refractivity contribution in [2.24, 2.45) is 0 Å². The van der Waals surface area contributed by atoms with Crippen molar-refractivity contribution in [2.75, 3.05) is 6.54 Å². The Morgan fingerprint density at radius 3 is 2.71 bits per heavy atom. The zero-order chi connectivity index (χ0) is 19.6. The first-order valence-electron chi connectivity index (χ1n) is 10.6. The molecular formula is C23H31N3OS. The molecule has 0 aliphatic carbocycles. The van der Waals surface area contributed by atoms with Crippen LogP contribution in [0.2, 0.25) is 0 Å². The molecule has 0 unspecified atom stereocenters. The van der Waals surface area contributed by atoms with Crippen LogP contribution in [-0.2, 0) is 13.0 Å². The van der Waals surface area contributed by atoms with E-state index in [2.05, 4.69) is 41.1 Å². The third kappa shape index (κ3) is 5.68. The molecule has 0 fully saturated rings. The lowest BCUT2D eigenvalue weighted by atomic mass is 10.1. The SMILES string of the molecule is CCCCCCn1c(CCCCCNC(=O)c2cccs2)nc2ccccc21. The van der Waals surface area contributed by atoms with E-state index in [4.69, 9.17) is 4.98 Å². The van der Waals surface area contributed by atoms with Gasteiger partial charge in [-0.05, 0) is 42.8 Å². The van der Waals surface area contributed by atoms with E-state index in [1.165, 1.54) is 48.4 Å². The van der Waals surface area contributed by atoms with Crippen molar-refractivity contribution in [2.45, 2.75) is 64.8 Å². The number of unbranched alkanes of at least 4 members (excludes halogenated alkanes) is 5. The Morgan fingerprint density at radius 2 is 1.89 bits per heavy atom. The van der Waals surface area contributed by atoms with Crippen molar-refractivity contribution >= 4 is 28.3 Å². The highest BCUT2D eigenvalue weighted by Gasteiger charge is 2.10. The van der Waals surface area contributed by atoms with Crippen LogP contribution in [0.25, 0.3) is 11.0 Å². The third-order valence-electron chi connectivity index (χ3n) is 5.08. The summed E-state index contributed by atoms with van der Waals surface area (Å²) in [5.74, 6) is 1.25. The van der Waals surface area contributed by atoms with Gasteiger partial charge in [-0.2, -0.15) is 0 Å². The monoisotopic (exact) mass is 397 g/mol. The summed E-state index contributed by atoms with van der Waals surface area (Å²) >= 11 is 1.49. The number of para-hydroxylation sites is 2. The van der Waals surface area contributed by atoms with Crippen molar-refractivity contribution in [1.82, 2.24) is 14.9 Å². The summed E-state index contributed by atoms with van der Waals surface area (Å²) in [6.07, 6.45) is 9.29. The molecule has 150 valence electrons. The fourth-order valence-corrected chi connectivity index (χ4v) is 4.18. The predicted molar refractivity (Wildman–Crippen MR) is 118 cm³/mol. The minimum atomic E-state index is 0.0453. The third-order valence-corrected chi connectivity index (χ3v) is 5.95. The number of aryl methyl sites for hydroxylation is 2. The highest BCUT2D eigenvalue weighted by Crippen LogP contribution is 2.19. The van der Waals surface area contributed by atoms with Crippen LogP contribution in [-0.4, -0.2) is 22.0 Å². The van der Waals surface area contributed by atoms with E-state index in [0.29, 0.717) is 0 Å². The first-order valence-corrected chi connectivity index (χ1v) is 11.4. The van der Waals surface area contributed by atoms with Crippen LogP contribution >= 0.6 is 11.3 Å². The van der Waals surface area contributed by atoms with Crippen LogP contribution < -0.4 is 5.32 Å². The minimum absolute atomic E-state index is 0.0453. The largest absolute Gasteiger partial charge is 0.351 e. The molecule has 0 saturated heterocycles. The quantitative estimate of drug-likeness (QED) is 0.391. The molecule has 2 aromatic heterocycles. The lowest BCUT2D eigenvalue weighted by Crippen LogP contribution is -2.23. The molecule has 0 atom stereocenters. The number of nitrogens with one attached hydrogen (secondary N) is 1.